The van der Waals surface area contributed by atoms with Crippen molar-refractivity contribution in [2.75, 3.05) is 11.9 Å². The van der Waals surface area contributed by atoms with Crippen molar-refractivity contribution in [3.05, 3.63) is 29.1 Å². The summed E-state index contributed by atoms with van der Waals surface area (Å²) in [7, 11) is 0. The van der Waals surface area contributed by atoms with Gasteiger partial charge in [-0.2, -0.15) is 0 Å². The second kappa shape index (κ2) is 6.14. The maximum Gasteiger partial charge on any atom is 0.224 e. The first-order valence-corrected chi connectivity index (χ1v) is 7.65. The molecule has 1 aromatic rings. The summed E-state index contributed by atoms with van der Waals surface area (Å²) in [4.78, 5) is 11.4. The fraction of sp³-hybridized carbons (Fsp3) is 0.588. The quantitative estimate of drug-likeness (QED) is 0.886. The van der Waals surface area contributed by atoms with Crippen LogP contribution in [-0.4, -0.2) is 12.5 Å². The van der Waals surface area contributed by atoms with Crippen LogP contribution in [-0.2, 0) is 11.2 Å². The van der Waals surface area contributed by atoms with Crippen LogP contribution in [0.4, 0.5) is 10.1 Å². The largest absolute Gasteiger partial charge is 0.326 e. The summed E-state index contributed by atoms with van der Waals surface area (Å²) < 4.78 is 14.5. The van der Waals surface area contributed by atoms with Crippen LogP contribution < -0.4 is 10.6 Å². The molecule has 1 atom stereocenters. The molecule has 1 aliphatic heterocycles. The summed E-state index contributed by atoms with van der Waals surface area (Å²) in [5, 5.41) is 6.13. The molecule has 0 saturated heterocycles. The van der Waals surface area contributed by atoms with Gasteiger partial charge in [-0.25, -0.2) is 4.39 Å². The van der Waals surface area contributed by atoms with E-state index in [1.165, 1.54) is 6.07 Å². The fourth-order valence-corrected chi connectivity index (χ4v) is 2.84. The topological polar surface area (TPSA) is 41.1 Å². The van der Waals surface area contributed by atoms with Gasteiger partial charge in [-0.05, 0) is 42.5 Å². The molecule has 1 aliphatic rings. The van der Waals surface area contributed by atoms with Crippen molar-refractivity contribution < 1.29 is 9.18 Å². The van der Waals surface area contributed by atoms with Crippen molar-refractivity contribution in [3.63, 3.8) is 0 Å². The molecule has 0 radical (unpaired) electrons. The number of rotatable bonds is 4. The summed E-state index contributed by atoms with van der Waals surface area (Å²) in [5.74, 6) is -0.279. The molecule has 1 unspecified atom stereocenters. The molecule has 4 heteroatoms. The van der Waals surface area contributed by atoms with Crippen LogP contribution in [0.3, 0.4) is 0 Å². The molecule has 2 rings (SSSR count). The maximum atomic E-state index is 14.5. The molecule has 0 aliphatic carbocycles. The van der Waals surface area contributed by atoms with Crippen LogP contribution in [0.2, 0.25) is 0 Å². The predicted molar refractivity (Wildman–Crippen MR) is 83.8 cm³/mol. The lowest BCUT2D eigenvalue weighted by atomic mass is 9.84. The molecule has 1 heterocycles. The Balaban J connectivity index is 2.34. The highest BCUT2D eigenvalue weighted by molar-refractivity contribution is 5.93. The van der Waals surface area contributed by atoms with Crippen molar-refractivity contribution in [3.8, 4) is 0 Å². The third kappa shape index (κ3) is 4.03. The normalized spacial score (nSPS) is 16.3. The molecule has 0 aromatic heterocycles. The van der Waals surface area contributed by atoms with Gasteiger partial charge in [0.2, 0.25) is 5.91 Å². The molecule has 21 heavy (non-hydrogen) atoms. The Morgan fingerprint density at radius 3 is 2.67 bits per heavy atom. The average Bonchev–Trinajstić information content (AvgIpc) is 2.35. The van der Waals surface area contributed by atoms with Gasteiger partial charge in [0.15, 0.2) is 0 Å². The summed E-state index contributed by atoms with van der Waals surface area (Å²) >= 11 is 0. The number of carbonyl (C=O) groups is 1. The Morgan fingerprint density at radius 1 is 1.33 bits per heavy atom. The number of carbonyl (C=O) groups excluding carboxylic acids is 1. The Kier molecular flexibility index (Phi) is 4.67. The van der Waals surface area contributed by atoms with E-state index in [-0.39, 0.29) is 23.2 Å². The zero-order chi connectivity index (χ0) is 15.6. The highest BCUT2D eigenvalue weighted by Gasteiger charge is 2.25. The predicted octanol–water partition coefficient (Wildman–Crippen LogP) is 3.80. The lowest BCUT2D eigenvalue weighted by molar-refractivity contribution is -0.116. The minimum atomic E-state index is -0.244. The zero-order valence-electron chi connectivity index (χ0n) is 13.3. The van der Waals surface area contributed by atoms with Crippen LogP contribution in [0.25, 0.3) is 0 Å². The Morgan fingerprint density at radius 2 is 2.05 bits per heavy atom. The zero-order valence-corrected chi connectivity index (χ0v) is 13.3. The monoisotopic (exact) mass is 292 g/mol. The van der Waals surface area contributed by atoms with E-state index in [1.807, 2.05) is 13.0 Å². The number of benzene rings is 1. The van der Waals surface area contributed by atoms with E-state index >= 15 is 0 Å². The fourth-order valence-electron chi connectivity index (χ4n) is 2.84. The molecule has 0 bridgehead atoms. The molecule has 1 aromatic carbocycles. The second-order valence-corrected chi connectivity index (χ2v) is 6.95. The van der Waals surface area contributed by atoms with Crippen LogP contribution in [0.5, 0.6) is 0 Å². The van der Waals surface area contributed by atoms with E-state index in [0.717, 1.165) is 18.5 Å². The number of hydrogen-bond acceptors (Lipinski definition) is 2. The number of nitrogens with one attached hydrogen (secondary N) is 2. The van der Waals surface area contributed by atoms with Gasteiger partial charge in [-0.3, -0.25) is 4.79 Å². The third-order valence-electron chi connectivity index (χ3n) is 3.76. The molecule has 2 N–H and O–H groups in total. The SMILES string of the molecule is CCNC(CC(C)(C)C)c1cc2c(cc1F)NC(=O)CC2. The maximum absolute atomic E-state index is 14.5. The molecule has 0 spiro atoms. The van der Waals surface area contributed by atoms with Gasteiger partial charge < -0.3 is 10.6 Å². The smallest absolute Gasteiger partial charge is 0.224 e. The molecular formula is C17H25FN2O. The Hall–Kier alpha value is -1.42. The van der Waals surface area contributed by atoms with E-state index in [4.69, 9.17) is 0 Å². The number of anilines is 1. The molecule has 1 amide bonds. The first-order chi connectivity index (χ1) is 9.80. The van der Waals surface area contributed by atoms with E-state index in [1.54, 1.807) is 0 Å². The highest BCUT2D eigenvalue weighted by Crippen LogP contribution is 2.34. The minimum Gasteiger partial charge on any atom is -0.326 e. The van der Waals surface area contributed by atoms with E-state index < -0.39 is 0 Å². The van der Waals surface area contributed by atoms with Crippen molar-refractivity contribution >= 4 is 11.6 Å². The second-order valence-electron chi connectivity index (χ2n) is 6.95. The highest BCUT2D eigenvalue weighted by atomic mass is 19.1. The van der Waals surface area contributed by atoms with E-state index in [2.05, 4.69) is 31.4 Å². The molecular weight excluding hydrogens is 267 g/mol. The third-order valence-corrected chi connectivity index (χ3v) is 3.76. The van der Waals surface area contributed by atoms with Gasteiger partial charge in [-0.1, -0.05) is 27.7 Å². The number of fused-ring (bicyclic) bond motifs is 1. The van der Waals surface area contributed by atoms with Gasteiger partial charge >= 0.3 is 0 Å². The average molecular weight is 292 g/mol. The van der Waals surface area contributed by atoms with Crippen LogP contribution in [0.1, 0.15) is 57.7 Å². The first-order valence-electron chi connectivity index (χ1n) is 7.65. The number of aryl methyl sites for hydroxylation is 1. The summed E-state index contributed by atoms with van der Waals surface area (Å²) in [5.41, 5.74) is 2.48. The van der Waals surface area contributed by atoms with E-state index in [9.17, 15) is 9.18 Å². The molecule has 116 valence electrons. The minimum absolute atomic E-state index is 0.00192. The summed E-state index contributed by atoms with van der Waals surface area (Å²) in [6.07, 6.45) is 2.02. The van der Waals surface area contributed by atoms with Crippen molar-refractivity contribution in [1.82, 2.24) is 5.32 Å². The number of amides is 1. The number of halogens is 1. The number of hydrogen-bond donors (Lipinski definition) is 2. The molecule has 0 saturated carbocycles. The van der Waals surface area contributed by atoms with Gasteiger partial charge in [-0.15, -0.1) is 0 Å². The summed E-state index contributed by atoms with van der Waals surface area (Å²) in [6, 6.07) is 3.38. The Labute approximate surface area is 126 Å². The van der Waals surface area contributed by atoms with Gasteiger partial charge in [0.05, 0.1) is 0 Å². The van der Waals surface area contributed by atoms with Crippen LogP contribution in [0, 0.1) is 11.2 Å². The van der Waals surface area contributed by atoms with Gasteiger partial charge in [0.25, 0.3) is 0 Å². The van der Waals surface area contributed by atoms with Crippen LogP contribution >= 0.6 is 0 Å². The Bertz CT molecular complexity index is 534. The van der Waals surface area contributed by atoms with Crippen molar-refractivity contribution in [1.29, 1.82) is 0 Å². The first kappa shape index (κ1) is 16.0. The molecule has 0 fully saturated rings. The van der Waals surface area contributed by atoms with Gasteiger partial charge in [0.1, 0.15) is 5.82 Å². The van der Waals surface area contributed by atoms with Crippen molar-refractivity contribution in [2.45, 2.75) is 53.0 Å². The lowest BCUT2D eigenvalue weighted by Crippen LogP contribution is -2.27. The van der Waals surface area contributed by atoms with Crippen LogP contribution in [0.15, 0.2) is 12.1 Å². The standard InChI is InChI=1S/C17H25FN2O/c1-5-19-15(10-17(2,3)4)12-8-11-6-7-16(21)20-14(11)9-13(12)18/h8-9,15,19H,5-7,10H2,1-4H3,(H,20,21). The molecule has 3 nitrogen and oxygen atoms in total. The lowest BCUT2D eigenvalue weighted by Gasteiger charge is -2.28. The van der Waals surface area contributed by atoms with E-state index in [0.29, 0.717) is 24.1 Å². The van der Waals surface area contributed by atoms with Gasteiger partial charge in [0, 0.05) is 23.7 Å². The summed E-state index contributed by atoms with van der Waals surface area (Å²) in [6.45, 7) is 9.32. The van der Waals surface area contributed by atoms with Crippen molar-refractivity contribution in [2.24, 2.45) is 5.41 Å².